The van der Waals surface area contributed by atoms with Gasteiger partial charge in [0, 0.05) is 31.6 Å². The number of hydrogen-bond acceptors (Lipinski definition) is 5. The summed E-state index contributed by atoms with van der Waals surface area (Å²) < 4.78 is 24.9. The third-order valence-corrected chi connectivity index (χ3v) is 4.82. The third kappa shape index (κ3) is 3.18. The first-order valence-corrected chi connectivity index (χ1v) is 9.01. The Balaban J connectivity index is 2.66. The maximum atomic E-state index is 12.5. The van der Waals surface area contributed by atoms with Crippen LogP contribution in [0.5, 0.6) is 0 Å². The van der Waals surface area contributed by atoms with Crippen molar-refractivity contribution in [3.63, 3.8) is 0 Å². The average Bonchev–Trinajstić information content (AvgIpc) is 2.79. The minimum Gasteiger partial charge on any atom is -0.383 e. The SMILES string of the molecule is CCNc1c(S(C)(=O)=O)ccc(C(=O)c2c[nH]n(C)c2=O)c1Cl. The number of nitrogens with one attached hydrogen (secondary N) is 2. The first-order valence-electron chi connectivity index (χ1n) is 6.74. The molecule has 0 bridgehead atoms. The quantitative estimate of drug-likeness (QED) is 0.788. The van der Waals surface area contributed by atoms with Crippen LogP contribution in [0.2, 0.25) is 5.02 Å². The number of carbonyl (C=O) groups excluding carboxylic acids is 1. The van der Waals surface area contributed by atoms with Crippen molar-refractivity contribution < 1.29 is 13.2 Å². The minimum atomic E-state index is -3.52. The van der Waals surface area contributed by atoms with Gasteiger partial charge >= 0.3 is 0 Å². The Kier molecular flexibility index (Phi) is 4.67. The highest BCUT2D eigenvalue weighted by Gasteiger charge is 2.24. The van der Waals surface area contributed by atoms with Gasteiger partial charge in [0.15, 0.2) is 9.84 Å². The largest absolute Gasteiger partial charge is 0.383 e. The number of carbonyl (C=O) groups is 1. The van der Waals surface area contributed by atoms with Gasteiger partial charge in [-0.2, -0.15) is 0 Å². The number of nitrogens with zero attached hydrogens (tertiary/aromatic N) is 1. The highest BCUT2D eigenvalue weighted by Crippen LogP contribution is 2.33. The van der Waals surface area contributed by atoms with Gasteiger partial charge in [0.1, 0.15) is 5.56 Å². The zero-order valence-electron chi connectivity index (χ0n) is 12.8. The van der Waals surface area contributed by atoms with Crippen molar-refractivity contribution in [2.75, 3.05) is 18.1 Å². The van der Waals surface area contributed by atoms with Crippen LogP contribution in [0, 0.1) is 0 Å². The fourth-order valence-corrected chi connectivity index (χ4v) is 3.39. The van der Waals surface area contributed by atoms with E-state index in [1.54, 1.807) is 6.92 Å². The van der Waals surface area contributed by atoms with Crippen molar-refractivity contribution >= 4 is 32.9 Å². The molecule has 1 aromatic heterocycles. The summed E-state index contributed by atoms with van der Waals surface area (Å²) in [6.07, 6.45) is 2.35. The molecule has 7 nitrogen and oxygen atoms in total. The number of aryl methyl sites for hydroxylation is 1. The van der Waals surface area contributed by atoms with E-state index >= 15 is 0 Å². The van der Waals surface area contributed by atoms with E-state index in [4.69, 9.17) is 11.6 Å². The maximum absolute atomic E-state index is 12.5. The Labute approximate surface area is 138 Å². The van der Waals surface area contributed by atoms with E-state index in [0.717, 1.165) is 10.9 Å². The zero-order chi connectivity index (χ0) is 17.4. The number of ketones is 1. The van der Waals surface area contributed by atoms with Gasteiger partial charge < -0.3 is 10.4 Å². The summed E-state index contributed by atoms with van der Waals surface area (Å²) in [7, 11) is -2.04. The number of sulfone groups is 1. The van der Waals surface area contributed by atoms with Crippen LogP contribution in [0.3, 0.4) is 0 Å². The molecule has 0 saturated carbocycles. The fourth-order valence-electron chi connectivity index (χ4n) is 2.15. The Hall–Kier alpha value is -2.06. The molecule has 2 N–H and O–H groups in total. The van der Waals surface area contributed by atoms with Crippen LogP contribution in [0.4, 0.5) is 5.69 Å². The van der Waals surface area contributed by atoms with E-state index in [2.05, 4.69) is 10.4 Å². The molecule has 0 atom stereocenters. The van der Waals surface area contributed by atoms with Crippen molar-refractivity contribution in [1.29, 1.82) is 0 Å². The highest BCUT2D eigenvalue weighted by molar-refractivity contribution is 7.90. The molecule has 124 valence electrons. The Bertz CT molecular complexity index is 928. The third-order valence-electron chi connectivity index (χ3n) is 3.28. The Morgan fingerprint density at radius 3 is 2.48 bits per heavy atom. The van der Waals surface area contributed by atoms with Gasteiger partial charge in [0.05, 0.1) is 15.6 Å². The number of benzene rings is 1. The lowest BCUT2D eigenvalue weighted by molar-refractivity contribution is 0.103. The van der Waals surface area contributed by atoms with Crippen LogP contribution in [0.1, 0.15) is 22.8 Å². The molecular formula is C14H16ClN3O4S. The van der Waals surface area contributed by atoms with E-state index < -0.39 is 21.2 Å². The number of rotatable bonds is 5. The monoisotopic (exact) mass is 357 g/mol. The van der Waals surface area contributed by atoms with Crippen molar-refractivity contribution in [3.05, 3.63) is 44.8 Å². The topological polar surface area (TPSA) is 101 Å². The molecular weight excluding hydrogens is 342 g/mol. The lowest BCUT2D eigenvalue weighted by Gasteiger charge is -2.14. The van der Waals surface area contributed by atoms with Gasteiger partial charge in [0.2, 0.25) is 5.78 Å². The summed E-state index contributed by atoms with van der Waals surface area (Å²) in [6, 6.07) is 2.62. The van der Waals surface area contributed by atoms with Crippen molar-refractivity contribution in [2.24, 2.45) is 7.05 Å². The van der Waals surface area contributed by atoms with Crippen LogP contribution in [0.25, 0.3) is 0 Å². The van der Waals surface area contributed by atoms with Crippen molar-refractivity contribution in [3.8, 4) is 0 Å². The smallest absolute Gasteiger partial charge is 0.277 e. The summed E-state index contributed by atoms with van der Waals surface area (Å²) in [6.45, 7) is 2.20. The lowest BCUT2D eigenvalue weighted by Crippen LogP contribution is -2.20. The molecule has 9 heteroatoms. The molecule has 0 radical (unpaired) electrons. The van der Waals surface area contributed by atoms with Crippen molar-refractivity contribution in [2.45, 2.75) is 11.8 Å². The first kappa shape index (κ1) is 17.3. The summed E-state index contributed by atoms with van der Waals surface area (Å²) >= 11 is 6.24. The number of H-pyrrole nitrogens is 1. The summed E-state index contributed by atoms with van der Waals surface area (Å²) in [5.41, 5.74) is -0.325. The van der Waals surface area contributed by atoms with Gasteiger partial charge in [-0.05, 0) is 19.1 Å². The molecule has 0 fully saturated rings. The molecule has 0 saturated heterocycles. The summed E-state index contributed by atoms with van der Waals surface area (Å²) in [5.74, 6) is -0.573. The van der Waals surface area contributed by atoms with E-state index in [0.29, 0.717) is 6.54 Å². The molecule has 2 aromatic rings. The van der Waals surface area contributed by atoms with Crippen LogP contribution >= 0.6 is 11.6 Å². The van der Waals surface area contributed by atoms with Gasteiger partial charge in [-0.3, -0.25) is 14.3 Å². The van der Waals surface area contributed by atoms with Gasteiger partial charge in [-0.1, -0.05) is 11.6 Å². The second-order valence-electron chi connectivity index (χ2n) is 4.98. The number of halogens is 1. The van der Waals surface area contributed by atoms with E-state index in [1.165, 1.54) is 25.4 Å². The van der Waals surface area contributed by atoms with Gasteiger partial charge in [-0.15, -0.1) is 0 Å². The van der Waals surface area contributed by atoms with Gasteiger partial charge in [0.25, 0.3) is 5.56 Å². The molecule has 0 spiro atoms. The van der Waals surface area contributed by atoms with Crippen LogP contribution in [0.15, 0.2) is 28.0 Å². The highest BCUT2D eigenvalue weighted by atomic mass is 35.5. The van der Waals surface area contributed by atoms with Gasteiger partial charge in [-0.25, -0.2) is 8.42 Å². The molecule has 0 aliphatic heterocycles. The van der Waals surface area contributed by atoms with E-state index in [1.807, 2.05) is 0 Å². The van der Waals surface area contributed by atoms with E-state index in [-0.39, 0.29) is 26.7 Å². The van der Waals surface area contributed by atoms with Crippen molar-refractivity contribution in [1.82, 2.24) is 9.78 Å². The molecule has 0 aliphatic carbocycles. The lowest BCUT2D eigenvalue weighted by atomic mass is 10.1. The predicted octanol–water partition coefficient (Wildman–Crippen LogP) is 1.43. The maximum Gasteiger partial charge on any atom is 0.277 e. The fraction of sp³-hybridized carbons (Fsp3) is 0.286. The van der Waals surface area contributed by atoms with Crippen LogP contribution in [-0.2, 0) is 16.9 Å². The molecule has 1 heterocycles. The molecule has 0 unspecified atom stereocenters. The number of anilines is 1. The van der Waals surface area contributed by atoms with E-state index in [9.17, 15) is 18.0 Å². The normalized spacial score (nSPS) is 11.5. The zero-order valence-corrected chi connectivity index (χ0v) is 14.4. The standard InChI is InChI=1S/C14H16ClN3O4S/c1-4-16-12-10(23(3,21)22)6-5-8(11(12)15)13(19)9-7-17-18(2)14(9)20/h5-7,16-17H,4H2,1-3H3. The number of aromatic nitrogens is 2. The summed E-state index contributed by atoms with van der Waals surface area (Å²) in [5, 5.41) is 5.45. The molecule has 0 aliphatic rings. The number of aromatic amines is 1. The molecule has 2 rings (SSSR count). The number of hydrogen-bond donors (Lipinski definition) is 2. The van der Waals surface area contributed by atoms with Crippen LogP contribution < -0.4 is 10.9 Å². The average molecular weight is 358 g/mol. The Morgan fingerprint density at radius 2 is 2.00 bits per heavy atom. The molecule has 23 heavy (non-hydrogen) atoms. The van der Waals surface area contributed by atoms with Crippen LogP contribution in [-0.4, -0.2) is 36.8 Å². The Morgan fingerprint density at radius 1 is 1.35 bits per heavy atom. The second kappa shape index (κ2) is 6.21. The predicted molar refractivity (Wildman–Crippen MR) is 88.2 cm³/mol. The minimum absolute atomic E-state index is 0.00266. The first-order chi connectivity index (χ1) is 10.7. The summed E-state index contributed by atoms with van der Waals surface area (Å²) in [4.78, 5) is 24.4. The molecule has 0 amide bonds. The second-order valence-corrected chi connectivity index (χ2v) is 7.35. The molecule has 1 aromatic carbocycles.